The molecule has 2 fully saturated rings. The Kier molecular flexibility index (Phi) is 4.78. The van der Waals surface area contributed by atoms with Crippen LogP contribution in [0, 0.1) is 11.3 Å². The summed E-state index contributed by atoms with van der Waals surface area (Å²) in [6.07, 6.45) is 10.2. The first-order valence-corrected chi connectivity index (χ1v) is 8.37. The zero-order valence-electron chi connectivity index (χ0n) is 13.4. The van der Waals surface area contributed by atoms with Crippen LogP contribution in [0.1, 0.15) is 78.6 Å². The quantitative estimate of drug-likeness (QED) is 0.770. The average Bonchev–Trinajstić information content (AvgIpc) is 2.60. The van der Waals surface area contributed by atoms with E-state index in [2.05, 4.69) is 26.1 Å². The first kappa shape index (κ1) is 15.8. The van der Waals surface area contributed by atoms with Gasteiger partial charge in [0.25, 0.3) is 0 Å². The van der Waals surface area contributed by atoms with Crippen LogP contribution in [0.5, 0.6) is 0 Å². The Bertz CT molecular complexity index is 345. The lowest BCUT2D eigenvalue weighted by molar-refractivity contribution is -0.151. The van der Waals surface area contributed by atoms with Crippen LogP contribution < -0.4 is 5.32 Å². The lowest BCUT2D eigenvalue weighted by atomic mass is 9.63. The van der Waals surface area contributed by atoms with Gasteiger partial charge in [-0.25, -0.2) is 0 Å². The lowest BCUT2D eigenvalue weighted by Crippen LogP contribution is -2.62. The van der Waals surface area contributed by atoms with Gasteiger partial charge in [0.2, 0.25) is 0 Å². The van der Waals surface area contributed by atoms with Crippen LogP contribution >= 0.6 is 0 Å². The van der Waals surface area contributed by atoms with Crippen molar-refractivity contribution >= 4 is 5.97 Å². The van der Waals surface area contributed by atoms with Crippen molar-refractivity contribution in [3.05, 3.63) is 0 Å². The number of aliphatic carboxylic acids is 1. The molecule has 3 nitrogen and oxygen atoms in total. The van der Waals surface area contributed by atoms with Crippen LogP contribution in [-0.4, -0.2) is 22.7 Å². The Morgan fingerprint density at radius 3 is 2.20 bits per heavy atom. The second kappa shape index (κ2) is 6.05. The molecule has 0 aliphatic heterocycles. The summed E-state index contributed by atoms with van der Waals surface area (Å²) >= 11 is 0. The van der Waals surface area contributed by atoms with Crippen molar-refractivity contribution in [3.63, 3.8) is 0 Å². The summed E-state index contributed by atoms with van der Waals surface area (Å²) in [6, 6.07) is 0.400. The number of carboxylic acid groups (broad SMARTS) is 1. The van der Waals surface area contributed by atoms with Crippen molar-refractivity contribution in [2.45, 2.75) is 90.1 Å². The maximum absolute atomic E-state index is 12.0. The molecule has 0 aromatic heterocycles. The Morgan fingerprint density at radius 1 is 1.10 bits per heavy atom. The topological polar surface area (TPSA) is 49.3 Å². The lowest BCUT2D eigenvalue weighted by Gasteiger charge is -2.47. The Hall–Kier alpha value is -0.570. The molecule has 0 radical (unpaired) electrons. The Labute approximate surface area is 123 Å². The second-order valence-corrected chi connectivity index (χ2v) is 7.88. The summed E-state index contributed by atoms with van der Waals surface area (Å²) in [6.45, 7) is 6.65. The molecular weight excluding hydrogens is 250 g/mol. The van der Waals surface area contributed by atoms with Crippen molar-refractivity contribution < 1.29 is 9.90 Å². The predicted octanol–water partition coefficient (Wildman–Crippen LogP) is 3.97. The predicted molar refractivity (Wildman–Crippen MR) is 81.8 cm³/mol. The smallest absolute Gasteiger partial charge is 0.324 e. The number of nitrogens with one attached hydrogen (secondary N) is 1. The van der Waals surface area contributed by atoms with Crippen molar-refractivity contribution in [1.29, 1.82) is 0 Å². The molecule has 2 atom stereocenters. The molecule has 3 heteroatoms. The van der Waals surface area contributed by atoms with E-state index in [1.165, 1.54) is 25.7 Å². The van der Waals surface area contributed by atoms with Crippen LogP contribution in [0.2, 0.25) is 0 Å². The third-order valence-electron chi connectivity index (χ3n) is 5.59. The molecule has 0 bridgehead atoms. The van der Waals surface area contributed by atoms with Crippen LogP contribution in [0.4, 0.5) is 0 Å². The van der Waals surface area contributed by atoms with Gasteiger partial charge in [0, 0.05) is 6.04 Å². The second-order valence-electron chi connectivity index (χ2n) is 7.88. The van der Waals surface area contributed by atoms with Gasteiger partial charge in [-0.05, 0) is 43.4 Å². The maximum Gasteiger partial charge on any atom is 0.324 e. The van der Waals surface area contributed by atoms with Crippen LogP contribution in [0.25, 0.3) is 0 Å². The third kappa shape index (κ3) is 3.36. The first-order chi connectivity index (χ1) is 9.36. The number of hydrogen-bond acceptors (Lipinski definition) is 2. The molecule has 0 heterocycles. The molecule has 2 unspecified atom stereocenters. The molecule has 2 aliphatic carbocycles. The van der Waals surface area contributed by atoms with Crippen molar-refractivity contribution in [1.82, 2.24) is 5.32 Å². The SMILES string of the molecule is CC1CC(C)(C)CCC1(NC1CCCCCC1)C(=O)O. The first-order valence-electron chi connectivity index (χ1n) is 8.37. The van der Waals surface area contributed by atoms with E-state index >= 15 is 0 Å². The molecular formula is C17H31NO2. The molecule has 0 spiro atoms. The van der Waals surface area contributed by atoms with Gasteiger partial charge in [0.15, 0.2) is 0 Å². The Morgan fingerprint density at radius 2 is 1.70 bits per heavy atom. The molecule has 0 aromatic rings. The molecule has 2 aliphatic rings. The van der Waals surface area contributed by atoms with E-state index in [1.807, 2.05) is 0 Å². The van der Waals surface area contributed by atoms with Crippen LogP contribution in [0.15, 0.2) is 0 Å². The van der Waals surface area contributed by atoms with Gasteiger partial charge in [-0.3, -0.25) is 10.1 Å². The highest BCUT2D eigenvalue weighted by Crippen LogP contribution is 2.44. The fourth-order valence-electron chi connectivity index (χ4n) is 4.27. The highest BCUT2D eigenvalue weighted by atomic mass is 16.4. The third-order valence-corrected chi connectivity index (χ3v) is 5.59. The maximum atomic E-state index is 12.0. The number of rotatable bonds is 3. The van der Waals surface area contributed by atoms with E-state index < -0.39 is 11.5 Å². The molecule has 0 aromatic carbocycles. The number of hydrogen-bond donors (Lipinski definition) is 2. The summed E-state index contributed by atoms with van der Waals surface area (Å²) in [5.41, 5.74) is -0.409. The Balaban J connectivity index is 2.11. The molecule has 2 saturated carbocycles. The van der Waals surface area contributed by atoms with Gasteiger partial charge in [-0.1, -0.05) is 46.5 Å². The average molecular weight is 281 g/mol. The highest BCUT2D eigenvalue weighted by molar-refractivity contribution is 5.79. The van der Waals surface area contributed by atoms with Crippen LogP contribution in [-0.2, 0) is 4.79 Å². The summed E-state index contributed by atoms with van der Waals surface area (Å²) in [4.78, 5) is 12.0. The molecule has 2 rings (SSSR count). The molecule has 0 saturated heterocycles. The summed E-state index contributed by atoms with van der Waals surface area (Å²) in [5, 5.41) is 13.5. The van der Waals surface area contributed by atoms with Gasteiger partial charge in [0.1, 0.15) is 5.54 Å². The van der Waals surface area contributed by atoms with Crippen molar-refractivity contribution in [2.24, 2.45) is 11.3 Å². The summed E-state index contributed by atoms with van der Waals surface area (Å²) in [5.74, 6) is -0.434. The van der Waals surface area contributed by atoms with E-state index in [9.17, 15) is 9.90 Å². The molecule has 0 amide bonds. The van der Waals surface area contributed by atoms with E-state index in [-0.39, 0.29) is 11.3 Å². The van der Waals surface area contributed by atoms with E-state index in [1.54, 1.807) is 0 Å². The van der Waals surface area contributed by atoms with Gasteiger partial charge in [0.05, 0.1) is 0 Å². The number of carboxylic acids is 1. The minimum absolute atomic E-state index is 0.201. The minimum Gasteiger partial charge on any atom is -0.480 e. The minimum atomic E-state index is -0.690. The number of carbonyl (C=O) groups is 1. The zero-order valence-corrected chi connectivity index (χ0v) is 13.4. The van der Waals surface area contributed by atoms with Crippen molar-refractivity contribution in [3.8, 4) is 0 Å². The molecule has 116 valence electrons. The normalized spacial score (nSPS) is 35.5. The van der Waals surface area contributed by atoms with Gasteiger partial charge >= 0.3 is 5.97 Å². The molecule has 2 N–H and O–H groups in total. The molecule has 20 heavy (non-hydrogen) atoms. The van der Waals surface area contributed by atoms with E-state index in [0.29, 0.717) is 6.04 Å². The monoisotopic (exact) mass is 281 g/mol. The van der Waals surface area contributed by atoms with Gasteiger partial charge < -0.3 is 5.11 Å². The van der Waals surface area contributed by atoms with E-state index in [4.69, 9.17) is 0 Å². The van der Waals surface area contributed by atoms with Crippen LogP contribution in [0.3, 0.4) is 0 Å². The highest BCUT2D eigenvalue weighted by Gasteiger charge is 2.50. The van der Waals surface area contributed by atoms with Gasteiger partial charge in [-0.15, -0.1) is 0 Å². The fourth-order valence-corrected chi connectivity index (χ4v) is 4.27. The van der Waals surface area contributed by atoms with Gasteiger partial charge in [-0.2, -0.15) is 0 Å². The summed E-state index contributed by atoms with van der Waals surface area (Å²) < 4.78 is 0. The van der Waals surface area contributed by atoms with E-state index in [0.717, 1.165) is 32.1 Å². The summed E-state index contributed by atoms with van der Waals surface area (Å²) in [7, 11) is 0. The largest absolute Gasteiger partial charge is 0.480 e. The fraction of sp³-hybridized carbons (Fsp3) is 0.941. The zero-order chi connectivity index (χ0) is 14.8. The van der Waals surface area contributed by atoms with Crippen molar-refractivity contribution in [2.75, 3.05) is 0 Å². The standard InChI is InChI=1S/C17H31NO2/c1-13-12-16(2,3)10-11-17(13,15(19)20)18-14-8-6-4-5-7-9-14/h13-14,18H,4-12H2,1-3H3,(H,19,20).